The van der Waals surface area contributed by atoms with Crippen LogP contribution in [0.25, 0.3) is 0 Å². The lowest BCUT2D eigenvalue weighted by Gasteiger charge is -2.43. The standard InChI is InChI=1S/C48H68N2/c1-35(37(3)39(5)41(7)43(9)49(31-45-23-15-11-16-24-45)32-46-25-17-12-18-26-46)36(2)38(4)40(6)42(8)44(10)50(33-47-27-19-13-20-28-47)34-48-29-21-14-22-30-48/h11-30,35-44H,31-34H2,1-10H3/t35-,36-,37+,38+,39-,40-,41+,42+,43-,44-/m1/s1. The van der Waals surface area contributed by atoms with Crippen molar-refractivity contribution < 1.29 is 0 Å². The number of benzene rings is 4. The minimum atomic E-state index is 0.466. The van der Waals surface area contributed by atoms with Crippen LogP contribution in [-0.2, 0) is 26.2 Å². The van der Waals surface area contributed by atoms with E-state index in [1.54, 1.807) is 0 Å². The molecule has 10 atom stereocenters. The first-order valence-electron chi connectivity index (χ1n) is 19.6. The fraction of sp³-hybridized carbons (Fsp3) is 0.500. The zero-order valence-corrected chi connectivity index (χ0v) is 33.0. The first-order valence-corrected chi connectivity index (χ1v) is 19.6. The van der Waals surface area contributed by atoms with Crippen LogP contribution in [0.15, 0.2) is 121 Å². The Balaban J connectivity index is 1.42. The van der Waals surface area contributed by atoms with Crippen molar-refractivity contribution in [1.82, 2.24) is 9.80 Å². The summed E-state index contributed by atoms with van der Waals surface area (Å²) in [5.41, 5.74) is 5.56. The molecule has 0 heterocycles. The van der Waals surface area contributed by atoms with Crippen molar-refractivity contribution in [3.05, 3.63) is 144 Å². The van der Waals surface area contributed by atoms with Crippen LogP contribution in [0.4, 0.5) is 0 Å². The van der Waals surface area contributed by atoms with E-state index in [-0.39, 0.29) is 0 Å². The first-order chi connectivity index (χ1) is 24.0. The van der Waals surface area contributed by atoms with Crippen molar-refractivity contribution in [3.8, 4) is 0 Å². The largest absolute Gasteiger partial charge is 0.292 e. The summed E-state index contributed by atoms with van der Waals surface area (Å²) in [6, 6.07) is 45.0. The highest BCUT2D eigenvalue weighted by atomic mass is 15.2. The highest BCUT2D eigenvalue weighted by Gasteiger charge is 2.36. The van der Waals surface area contributed by atoms with Crippen LogP contribution in [0, 0.1) is 47.3 Å². The smallest absolute Gasteiger partial charge is 0.0240 e. The van der Waals surface area contributed by atoms with Gasteiger partial charge in [-0.25, -0.2) is 0 Å². The van der Waals surface area contributed by atoms with Gasteiger partial charge in [0.15, 0.2) is 0 Å². The molecule has 0 aromatic heterocycles. The first kappa shape index (κ1) is 39.6. The maximum atomic E-state index is 2.71. The second kappa shape index (κ2) is 19.4. The van der Waals surface area contributed by atoms with Crippen LogP contribution in [0.5, 0.6) is 0 Å². The highest BCUT2D eigenvalue weighted by molar-refractivity contribution is 5.19. The van der Waals surface area contributed by atoms with Crippen molar-refractivity contribution >= 4 is 0 Å². The lowest BCUT2D eigenvalue weighted by Crippen LogP contribution is -2.43. The molecular weight excluding hydrogens is 605 g/mol. The molecule has 0 radical (unpaired) electrons. The van der Waals surface area contributed by atoms with Crippen LogP contribution in [-0.4, -0.2) is 21.9 Å². The Labute approximate surface area is 307 Å². The minimum Gasteiger partial charge on any atom is -0.292 e. The minimum absolute atomic E-state index is 0.466. The molecule has 0 aliphatic rings. The molecule has 0 bridgehead atoms. The Morgan fingerprint density at radius 2 is 0.460 bits per heavy atom. The van der Waals surface area contributed by atoms with Crippen molar-refractivity contribution in [3.63, 3.8) is 0 Å². The molecular formula is C48H68N2. The van der Waals surface area contributed by atoms with E-state index in [1.807, 2.05) is 0 Å². The van der Waals surface area contributed by atoms with Crippen molar-refractivity contribution in [2.45, 2.75) is 108 Å². The Morgan fingerprint density at radius 1 is 0.280 bits per heavy atom. The van der Waals surface area contributed by atoms with Gasteiger partial charge in [-0.05, 0) is 83.4 Å². The zero-order valence-electron chi connectivity index (χ0n) is 33.0. The van der Waals surface area contributed by atoms with Crippen LogP contribution in [0.1, 0.15) is 91.5 Å². The molecule has 270 valence electrons. The summed E-state index contributed by atoms with van der Waals surface area (Å²) >= 11 is 0. The predicted octanol–water partition coefficient (Wildman–Crippen LogP) is 12.3. The SMILES string of the molecule is C[C@H]([C@@H](C)[C@H](C)[C@@H](C)[C@H](C)[C@@H](C)N(Cc1ccccc1)Cc1ccccc1)[C@H](C)[C@@H](C)[C@H](C)[C@@H](C)N(Cc1ccccc1)Cc1ccccc1. The monoisotopic (exact) mass is 673 g/mol. The normalized spacial score (nSPS) is 18.1. The maximum absolute atomic E-state index is 2.71. The second-order valence-corrected chi connectivity index (χ2v) is 16.1. The van der Waals surface area contributed by atoms with Crippen molar-refractivity contribution in [1.29, 1.82) is 0 Å². The average molecular weight is 673 g/mol. The van der Waals surface area contributed by atoms with Gasteiger partial charge in [0.2, 0.25) is 0 Å². The van der Waals surface area contributed by atoms with Gasteiger partial charge in [0.25, 0.3) is 0 Å². The van der Waals surface area contributed by atoms with Gasteiger partial charge >= 0.3 is 0 Å². The Bertz CT molecular complexity index is 1270. The third kappa shape index (κ3) is 10.9. The molecule has 0 spiro atoms. The van der Waals surface area contributed by atoms with Crippen LogP contribution < -0.4 is 0 Å². The molecule has 0 fully saturated rings. The van der Waals surface area contributed by atoms with E-state index >= 15 is 0 Å². The van der Waals surface area contributed by atoms with E-state index in [0.717, 1.165) is 26.2 Å². The van der Waals surface area contributed by atoms with E-state index in [0.29, 0.717) is 59.4 Å². The fourth-order valence-electron chi connectivity index (χ4n) is 8.38. The highest BCUT2D eigenvalue weighted by Crippen LogP contribution is 2.40. The molecule has 0 amide bonds. The molecule has 4 aromatic carbocycles. The summed E-state index contributed by atoms with van der Waals surface area (Å²) in [6.45, 7) is 29.1. The summed E-state index contributed by atoms with van der Waals surface area (Å²) in [4.78, 5) is 5.41. The summed E-state index contributed by atoms with van der Waals surface area (Å²) in [5.74, 6) is 4.92. The van der Waals surface area contributed by atoms with Gasteiger partial charge in [-0.3, -0.25) is 9.80 Å². The third-order valence-electron chi connectivity index (χ3n) is 13.4. The van der Waals surface area contributed by atoms with Gasteiger partial charge in [0, 0.05) is 38.3 Å². The Kier molecular flexibility index (Phi) is 15.4. The Hall–Kier alpha value is -3.20. The molecule has 0 aliphatic heterocycles. The molecule has 2 nitrogen and oxygen atoms in total. The molecule has 0 aliphatic carbocycles. The summed E-state index contributed by atoms with van der Waals surface area (Å²) in [6.07, 6.45) is 0. The lowest BCUT2D eigenvalue weighted by molar-refractivity contribution is 0.0475. The lowest BCUT2D eigenvalue weighted by atomic mass is 9.66. The number of hydrogen-bond donors (Lipinski definition) is 0. The van der Waals surface area contributed by atoms with Gasteiger partial charge in [-0.1, -0.05) is 177 Å². The molecule has 4 rings (SSSR count). The van der Waals surface area contributed by atoms with Crippen molar-refractivity contribution in [2.24, 2.45) is 47.3 Å². The Morgan fingerprint density at radius 3 is 0.660 bits per heavy atom. The summed E-state index contributed by atoms with van der Waals surface area (Å²) < 4.78 is 0. The van der Waals surface area contributed by atoms with Gasteiger partial charge in [0.05, 0.1) is 0 Å². The van der Waals surface area contributed by atoms with Gasteiger partial charge in [0.1, 0.15) is 0 Å². The van der Waals surface area contributed by atoms with E-state index in [9.17, 15) is 0 Å². The predicted molar refractivity (Wildman–Crippen MR) is 216 cm³/mol. The quantitative estimate of drug-likeness (QED) is 0.0978. The van der Waals surface area contributed by atoms with Gasteiger partial charge in [-0.15, -0.1) is 0 Å². The van der Waals surface area contributed by atoms with Gasteiger partial charge < -0.3 is 0 Å². The molecule has 0 unspecified atom stereocenters. The number of hydrogen-bond acceptors (Lipinski definition) is 2. The topological polar surface area (TPSA) is 6.48 Å². The van der Waals surface area contributed by atoms with Crippen LogP contribution in [0.3, 0.4) is 0 Å². The molecule has 4 aromatic rings. The van der Waals surface area contributed by atoms with E-state index in [2.05, 4.69) is 200 Å². The van der Waals surface area contributed by atoms with Crippen LogP contribution in [0.2, 0.25) is 0 Å². The second-order valence-electron chi connectivity index (χ2n) is 16.1. The number of rotatable bonds is 19. The maximum Gasteiger partial charge on any atom is 0.0240 e. The van der Waals surface area contributed by atoms with Gasteiger partial charge in [-0.2, -0.15) is 0 Å². The summed E-state index contributed by atoms with van der Waals surface area (Å²) in [5, 5.41) is 0. The average Bonchev–Trinajstić information content (AvgIpc) is 3.16. The van der Waals surface area contributed by atoms with Crippen molar-refractivity contribution in [2.75, 3.05) is 0 Å². The molecule has 0 saturated carbocycles. The van der Waals surface area contributed by atoms with E-state index in [1.165, 1.54) is 22.3 Å². The van der Waals surface area contributed by atoms with Crippen LogP contribution >= 0.6 is 0 Å². The molecule has 0 saturated heterocycles. The summed E-state index contributed by atoms with van der Waals surface area (Å²) in [7, 11) is 0. The molecule has 2 heteroatoms. The number of nitrogens with zero attached hydrogens (tertiary/aromatic N) is 2. The molecule has 0 N–H and O–H groups in total. The fourth-order valence-corrected chi connectivity index (χ4v) is 8.38. The van der Waals surface area contributed by atoms with E-state index < -0.39 is 0 Å². The van der Waals surface area contributed by atoms with E-state index in [4.69, 9.17) is 0 Å². The zero-order chi connectivity index (χ0) is 36.2. The molecule has 50 heavy (non-hydrogen) atoms. The third-order valence-corrected chi connectivity index (χ3v) is 13.4.